The predicted molar refractivity (Wildman–Crippen MR) is 96.2 cm³/mol. The molecule has 24 heavy (non-hydrogen) atoms. The molecular formula is C18H20FN3OS. The largest absolute Gasteiger partial charge is 0.349 e. The third-order valence-corrected chi connectivity index (χ3v) is 4.68. The smallest absolute Gasteiger partial charge is 0.268 e. The van der Waals surface area contributed by atoms with E-state index in [1.807, 2.05) is 47.1 Å². The molecule has 0 fully saturated rings. The molecular weight excluding hydrogens is 325 g/mol. The first-order valence-electron chi connectivity index (χ1n) is 7.78. The second kappa shape index (κ2) is 7.15. The number of carbonyl (C=O) groups excluding carboxylic acids is 1. The third-order valence-electron chi connectivity index (χ3n) is 3.83. The quantitative estimate of drug-likeness (QED) is 0.745. The predicted octanol–water partition coefficient (Wildman–Crippen LogP) is 3.18. The highest BCUT2D eigenvalue weighted by Gasteiger charge is 2.16. The zero-order chi connectivity index (χ0) is 17.1. The van der Waals surface area contributed by atoms with Gasteiger partial charge in [0.2, 0.25) is 0 Å². The van der Waals surface area contributed by atoms with Gasteiger partial charge >= 0.3 is 0 Å². The van der Waals surface area contributed by atoms with Crippen LogP contribution in [0.2, 0.25) is 0 Å². The topological polar surface area (TPSA) is 37.3 Å². The fourth-order valence-electron chi connectivity index (χ4n) is 2.64. The first kappa shape index (κ1) is 16.7. The maximum absolute atomic E-state index is 13.5. The molecule has 3 rings (SSSR count). The summed E-state index contributed by atoms with van der Waals surface area (Å²) in [5.74, 6) is -0.366. The number of rotatable bonds is 6. The zero-order valence-electron chi connectivity index (χ0n) is 13.8. The highest BCUT2D eigenvalue weighted by molar-refractivity contribution is 7.17. The highest BCUT2D eigenvalue weighted by atomic mass is 32.1. The van der Waals surface area contributed by atoms with Crippen LogP contribution in [0.4, 0.5) is 4.39 Å². The number of fused-ring (bicyclic) bond motifs is 1. The molecule has 0 saturated heterocycles. The molecule has 126 valence electrons. The summed E-state index contributed by atoms with van der Waals surface area (Å²) in [6.07, 6.45) is 0. The molecule has 4 nitrogen and oxygen atoms in total. The minimum atomic E-state index is -0.266. The van der Waals surface area contributed by atoms with Crippen molar-refractivity contribution in [1.82, 2.24) is 14.8 Å². The molecule has 0 saturated carbocycles. The van der Waals surface area contributed by atoms with Crippen molar-refractivity contribution in [2.45, 2.75) is 6.54 Å². The van der Waals surface area contributed by atoms with Crippen LogP contribution < -0.4 is 5.32 Å². The zero-order valence-corrected chi connectivity index (χ0v) is 14.6. The summed E-state index contributed by atoms with van der Waals surface area (Å²) in [6, 6.07) is 10.4. The highest BCUT2D eigenvalue weighted by Crippen LogP contribution is 2.26. The van der Waals surface area contributed by atoms with Gasteiger partial charge in [-0.1, -0.05) is 12.1 Å². The fourth-order valence-corrected chi connectivity index (χ4v) is 3.46. The molecule has 0 aliphatic rings. The van der Waals surface area contributed by atoms with Crippen LogP contribution in [0.25, 0.3) is 10.2 Å². The van der Waals surface area contributed by atoms with Crippen molar-refractivity contribution in [3.63, 3.8) is 0 Å². The van der Waals surface area contributed by atoms with E-state index in [1.54, 1.807) is 17.4 Å². The Kier molecular flexibility index (Phi) is 4.97. The molecule has 0 unspecified atom stereocenters. The summed E-state index contributed by atoms with van der Waals surface area (Å²) in [5.41, 5.74) is 2.45. The van der Waals surface area contributed by atoms with E-state index in [9.17, 15) is 9.18 Å². The van der Waals surface area contributed by atoms with Gasteiger partial charge in [0.15, 0.2) is 0 Å². The lowest BCUT2D eigenvalue weighted by Crippen LogP contribution is -2.32. The van der Waals surface area contributed by atoms with Crippen LogP contribution >= 0.6 is 11.3 Å². The average molecular weight is 345 g/mol. The Morgan fingerprint density at radius 1 is 1.29 bits per heavy atom. The number of carbonyl (C=O) groups is 1. The van der Waals surface area contributed by atoms with Crippen LogP contribution in [-0.2, 0) is 6.54 Å². The second-order valence-electron chi connectivity index (χ2n) is 5.97. The second-order valence-corrected chi connectivity index (χ2v) is 6.92. The van der Waals surface area contributed by atoms with E-state index in [1.165, 1.54) is 12.1 Å². The number of amides is 1. The van der Waals surface area contributed by atoms with Crippen molar-refractivity contribution >= 4 is 27.5 Å². The molecule has 0 bridgehead atoms. The van der Waals surface area contributed by atoms with Crippen molar-refractivity contribution in [2.75, 3.05) is 27.2 Å². The number of nitrogens with one attached hydrogen (secondary N) is 1. The van der Waals surface area contributed by atoms with Gasteiger partial charge in [0.05, 0.1) is 10.2 Å². The molecule has 0 aliphatic carbocycles. The van der Waals surface area contributed by atoms with Gasteiger partial charge in [-0.3, -0.25) is 4.79 Å². The van der Waals surface area contributed by atoms with Gasteiger partial charge in [0, 0.05) is 19.6 Å². The number of hydrogen-bond donors (Lipinski definition) is 1. The van der Waals surface area contributed by atoms with Gasteiger partial charge in [-0.25, -0.2) is 4.39 Å². The van der Waals surface area contributed by atoms with Crippen molar-refractivity contribution in [3.8, 4) is 0 Å². The lowest BCUT2D eigenvalue weighted by Gasteiger charge is -2.13. The average Bonchev–Trinajstić information content (AvgIpc) is 3.09. The minimum Gasteiger partial charge on any atom is -0.349 e. The van der Waals surface area contributed by atoms with Gasteiger partial charge in [0.25, 0.3) is 5.91 Å². The summed E-state index contributed by atoms with van der Waals surface area (Å²) in [7, 11) is 3.93. The Balaban J connectivity index is 1.87. The molecule has 0 spiro atoms. The number of benzene rings is 1. The van der Waals surface area contributed by atoms with Crippen molar-refractivity contribution in [3.05, 3.63) is 58.9 Å². The molecule has 1 aromatic carbocycles. The molecule has 0 aliphatic heterocycles. The van der Waals surface area contributed by atoms with Gasteiger partial charge in [-0.05, 0) is 49.3 Å². The van der Waals surface area contributed by atoms with E-state index in [4.69, 9.17) is 0 Å². The van der Waals surface area contributed by atoms with Crippen LogP contribution in [-0.4, -0.2) is 42.6 Å². The number of thiophene rings is 1. The first-order chi connectivity index (χ1) is 11.5. The summed E-state index contributed by atoms with van der Waals surface area (Å²) < 4.78 is 16.5. The summed E-state index contributed by atoms with van der Waals surface area (Å²) in [6.45, 7) is 1.84. The number of halogens is 1. The Morgan fingerprint density at radius 3 is 2.88 bits per heavy atom. The Hall–Kier alpha value is -2.18. The third kappa shape index (κ3) is 3.66. The van der Waals surface area contributed by atoms with E-state index in [-0.39, 0.29) is 11.7 Å². The summed E-state index contributed by atoms with van der Waals surface area (Å²) in [5, 5.41) is 4.95. The summed E-state index contributed by atoms with van der Waals surface area (Å²) >= 11 is 1.60. The molecule has 2 heterocycles. The van der Waals surface area contributed by atoms with E-state index in [0.29, 0.717) is 18.8 Å². The van der Waals surface area contributed by atoms with Crippen molar-refractivity contribution < 1.29 is 9.18 Å². The standard InChI is InChI=1S/C18H20FN3OS/c1-21(2)8-7-20-18(23)16-11-17-15(6-9-24-17)22(16)12-13-4-3-5-14(19)10-13/h3-6,9-11H,7-8,12H2,1-2H3,(H,20,23). The van der Waals surface area contributed by atoms with Crippen LogP contribution in [0, 0.1) is 5.82 Å². The molecule has 0 atom stereocenters. The van der Waals surface area contributed by atoms with Crippen LogP contribution in [0.1, 0.15) is 16.1 Å². The normalized spacial score (nSPS) is 11.3. The number of hydrogen-bond acceptors (Lipinski definition) is 3. The number of likely N-dealkylation sites (N-methyl/N-ethyl adjacent to an activating group) is 1. The van der Waals surface area contributed by atoms with Crippen LogP contribution in [0.15, 0.2) is 41.8 Å². The Morgan fingerprint density at radius 2 is 2.12 bits per heavy atom. The lowest BCUT2D eigenvalue weighted by atomic mass is 10.2. The SMILES string of the molecule is CN(C)CCNC(=O)c1cc2sccc2n1Cc1cccc(F)c1. The van der Waals surface area contributed by atoms with Crippen molar-refractivity contribution in [1.29, 1.82) is 0 Å². The van der Waals surface area contributed by atoms with Crippen molar-refractivity contribution in [2.24, 2.45) is 0 Å². The molecule has 6 heteroatoms. The first-order valence-corrected chi connectivity index (χ1v) is 8.66. The maximum atomic E-state index is 13.5. The molecule has 2 aromatic heterocycles. The molecule has 3 aromatic rings. The number of nitrogens with zero attached hydrogens (tertiary/aromatic N) is 2. The lowest BCUT2D eigenvalue weighted by molar-refractivity contribution is 0.0942. The van der Waals surface area contributed by atoms with E-state index < -0.39 is 0 Å². The molecule has 0 radical (unpaired) electrons. The maximum Gasteiger partial charge on any atom is 0.268 e. The monoisotopic (exact) mass is 345 g/mol. The van der Waals surface area contributed by atoms with E-state index in [2.05, 4.69) is 5.32 Å². The van der Waals surface area contributed by atoms with Crippen LogP contribution in [0.3, 0.4) is 0 Å². The molecule has 1 N–H and O–H groups in total. The van der Waals surface area contributed by atoms with E-state index in [0.717, 1.165) is 22.3 Å². The summed E-state index contributed by atoms with van der Waals surface area (Å²) in [4.78, 5) is 14.6. The fraction of sp³-hybridized carbons (Fsp3) is 0.278. The van der Waals surface area contributed by atoms with Crippen LogP contribution in [0.5, 0.6) is 0 Å². The number of aromatic nitrogens is 1. The van der Waals surface area contributed by atoms with Gasteiger partial charge in [-0.2, -0.15) is 0 Å². The van der Waals surface area contributed by atoms with E-state index >= 15 is 0 Å². The molecule has 1 amide bonds. The van der Waals surface area contributed by atoms with Gasteiger partial charge in [-0.15, -0.1) is 11.3 Å². The van der Waals surface area contributed by atoms with Gasteiger partial charge < -0.3 is 14.8 Å². The Labute approximate surface area is 144 Å². The minimum absolute atomic E-state index is 0.100. The van der Waals surface area contributed by atoms with Gasteiger partial charge in [0.1, 0.15) is 11.5 Å². The Bertz CT molecular complexity index is 853.